The quantitative estimate of drug-likeness (QED) is 0.715. The Morgan fingerprint density at radius 2 is 1.83 bits per heavy atom. The van der Waals surface area contributed by atoms with Crippen molar-refractivity contribution in [2.75, 3.05) is 6.61 Å². The van der Waals surface area contributed by atoms with E-state index >= 15 is 0 Å². The lowest BCUT2D eigenvalue weighted by Gasteiger charge is -2.24. The molecule has 1 rings (SSSR count). The maximum absolute atomic E-state index is 12.0. The molecule has 0 amide bonds. The summed E-state index contributed by atoms with van der Waals surface area (Å²) in [6.07, 6.45) is 1.64. The molecule has 0 bridgehead atoms. The van der Waals surface area contributed by atoms with Gasteiger partial charge in [0.1, 0.15) is 0 Å². The fourth-order valence-electron chi connectivity index (χ4n) is 2.21. The maximum atomic E-state index is 12.0. The number of rotatable bonds is 6. The van der Waals surface area contributed by atoms with Crippen molar-refractivity contribution in [3.63, 3.8) is 0 Å². The summed E-state index contributed by atoms with van der Waals surface area (Å²) in [6, 6.07) is 10.1. The summed E-state index contributed by atoms with van der Waals surface area (Å²) in [6.45, 7) is 8.62. The van der Waals surface area contributed by atoms with Gasteiger partial charge < -0.3 is 4.74 Å². The zero-order chi connectivity index (χ0) is 13.6. The van der Waals surface area contributed by atoms with Crippen LogP contribution in [0.4, 0.5) is 0 Å². The van der Waals surface area contributed by atoms with Crippen LogP contribution in [0.1, 0.15) is 39.7 Å². The molecule has 0 radical (unpaired) electrons. The summed E-state index contributed by atoms with van der Waals surface area (Å²) >= 11 is 0. The van der Waals surface area contributed by atoms with Gasteiger partial charge in [0.2, 0.25) is 0 Å². The third-order valence-electron chi connectivity index (χ3n) is 2.94. The molecule has 2 nitrogen and oxygen atoms in total. The number of carbonyl (C=O) groups is 1. The molecule has 0 aromatic heterocycles. The lowest BCUT2D eigenvalue weighted by Crippen LogP contribution is -2.28. The van der Waals surface area contributed by atoms with Crippen LogP contribution in [0.25, 0.3) is 0 Å². The van der Waals surface area contributed by atoms with Crippen LogP contribution in [0.2, 0.25) is 0 Å². The molecule has 18 heavy (non-hydrogen) atoms. The van der Waals surface area contributed by atoms with E-state index < -0.39 is 0 Å². The number of carbonyl (C=O) groups excluding carboxylic acids is 1. The first-order chi connectivity index (χ1) is 8.42. The molecule has 0 aliphatic carbocycles. The van der Waals surface area contributed by atoms with E-state index in [0.717, 1.165) is 12.8 Å². The number of hydrogen-bond donors (Lipinski definition) is 0. The molecule has 0 atom stereocenters. The Kier molecular flexibility index (Phi) is 5.39. The molecule has 100 valence electrons. The fraction of sp³-hybridized carbons (Fsp3) is 0.562. The largest absolute Gasteiger partial charge is 0.465 e. The fourth-order valence-corrected chi connectivity index (χ4v) is 2.21. The van der Waals surface area contributed by atoms with Gasteiger partial charge in [-0.15, -0.1) is 0 Å². The molecule has 0 unspecified atom stereocenters. The first-order valence-electron chi connectivity index (χ1n) is 6.63. The molecule has 0 aliphatic heterocycles. The van der Waals surface area contributed by atoms with E-state index in [1.54, 1.807) is 0 Å². The maximum Gasteiger partial charge on any atom is 0.311 e. The van der Waals surface area contributed by atoms with E-state index in [2.05, 4.69) is 13.8 Å². The molecule has 0 N–H and O–H groups in total. The zero-order valence-corrected chi connectivity index (χ0v) is 11.9. The van der Waals surface area contributed by atoms with Crippen LogP contribution in [-0.2, 0) is 16.0 Å². The molecular weight excluding hydrogens is 224 g/mol. The molecular formula is C16H24O2. The average Bonchev–Trinajstić information content (AvgIpc) is 2.28. The second-order valence-electron chi connectivity index (χ2n) is 5.85. The van der Waals surface area contributed by atoms with Gasteiger partial charge in [-0.25, -0.2) is 0 Å². The van der Waals surface area contributed by atoms with Crippen LogP contribution in [0.3, 0.4) is 0 Å². The van der Waals surface area contributed by atoms with E-state index in [1.807, 2.05) is 44.2 Å². The van der Waals surface area contributed by atoms with Gasteiger partial charge in [-0.1, -0.05) is 44.2 Å². The van der Waals surface area contributed by atoms with Crippen molar-refractivity contribution < 1.29 is 9.53 Å². The molecule has 0 spiro atoms. The molecule has 0 heterocycles. The summed E-state index contributed by atoms with van der Waals surface area (Å²) in [4.78, 5) is 12.0. The Bertz CT molecular complexity index is 366. The van der Waals surface area contributed by atoms with Gasteiger partial charge in [-0.05, 0) is 31.7 Å². The molecule has 2 heteroatoms. The summed E-state index contributed by atoms with van der Waals surface area (Å²) in [5, 5.41) is 0. The highest BCUT2D eigenvalue weighted by molar-refractivity contribution is 5.75. The van der Waals surface area contributed by atoms with Gasteiger partial charge in [-0.2, -0.15) is 0 Å². The van der Waals surface area contributed by atoms with Gasteiger partial charge in [0.05, 0.1) is 12.0 Å². The van der Waals surface area contributed by atoms with Crippen LogP contribution in [0.15, 0.2) is 30.3 Å². The minimum atomic E-state index is -0.384. The molecule has 0 aliphatic rings. The van der Waals surface area contributed by atoms with Gasteiger partial charge in [0, 0.05) is 6.42 Å². The van der Waals surface area contributed by atoms with Gasteiger partial charge in [0.15, 0.2) is 0 Å². The van der Waals surface area contributed by atoms with Gasteiger partial charge in [-0.3, -0.25) is 4.79 Å². The van der Waals surface area contributed by atoms with Crippen molar-refractivity contribution in [2.24, 2.45) is 11.3 Å². The van der Waals surface area contributed by atoms with Crippen LogP contribution < -0.4 is 0 Å². The van der Waals surface area contributed by atoms with Gasteiger partial charge in [0.25, 0.3) is 0 Å². The molecule has 1 aromatic carbocycles. The SMILES string of the molecule is CC(C)CC(C)(C)C(=O)OCCc1ccccc1. The monoisotopic (exact) mass is 248 g/mol. The van der Waals surface area contributed by atoms with Crippen LogP contribution in [0, 0.1) is 11.3 Å². The third kappa shape index (κ3) is 4.91. The normalized spacial score (nSPS) is 11.6. The van der Waals surface area contributed by atoms with E-state index in [1.165, 1.54) is 5.56 Å². The van der Waals surface area contributed by atoms with Crippen LogP contribution in [0.5, 0.6) is 0 Å². The van der Waals surface area contributed by atoms with Crippen molar-refractivity contribution in [1.82, 2.24) is 0 Å². The highest BCUT2D eigenvalue weighted by atomic mass is 16.5. The summed E-state index contributed by atoms with van der Waals surface area (Å²) in [7, 11) is 0. The predicted octanol–water partition coefficient (Wildman–Crippen LogP) is 3.84. The van der Waals surface area contributed by atoms with Crippen molar-refractivity contribution in [1.29, 1.82) is 0 Å². The van der Waals surface area contributed by atoms with Crippen molar-refractivity contribution in [2.45, 2.75) is 40.5 Å². The molecule has 1 aromatic rings. The van der Waals surface area contributed by atoms with Crippen LogP contribution >= 0.6 is 0 Å². The Hall–Kier alpha value is -1.31. The Labute approximate surface area is 110 Å². The minimum Gasteiger partial charge on any atom is -0.465 e. The van der Waals surface area contributed by atoms with E-state index in [4.69, 9.17) is 4.74 Å². The van der Waals surface area contributed by atoms with Crippen molar-refractivity contribution in [3.05, 3.63) is 35.9 Å². The second kappa shape index (κ2) is 6.58. The second-order valence-corrected chi connectivity index (χ2v) is 5.85. The number of esters is 1. The minimum absolute atomic E-state index is 0.0906. The van der Waals surface area contributed by atoms with Crippen LogP contribution in [-0.4, -0.2) is 12.6 Å². The standard InChI is InChI=1S/C16H24O2/c1-13(2)12-16(3,4)15(17)18-11-10-14-8-6-5-7-9-14/h5-9,13H,10-12H2,1-4H3. The lowest BCUT2D eigenvalue weighted by atomic mass is 9.84. The first-order valence-corrected chi connectivity index (χ1v) is 6.63. The summed E-state index contributed by atoms with van der Waals surface area (Å²) in [5.41, 5.74) is 0.817. The Balaban J connectivity index is 2.37. The lowest BCUT2D eigenvalue weighted by molar-refractivity contribution is -0.154. The topological polar surface area (TPSA) is 26.3 Å². The average molecular weight is 248 g/mol. The van der Waals surface area contributed by atoms with E-state index in [9.17, 15) is 4.79 Å². The van der Waals surface area contributed by atoms with Gasteiger partial charge >= 0.3 is 5.97 Å². The van der Waals surface area contributed by atoms with E-state index in [-0.39, 0.29) is 11.4 Å². The van der Waals surface area contributed by atoms with Crippen molar-refractivity contribution in [3.8, 4) is 0 Å². The Morgan fingerprint density at radius 3 is 2.39 bits per heavy atom. The van der Waals surface area contributed by atoms with E-state index in [0.29, 0.717) is 12.5 Å². The third-order valence-corrected chi connectivity index (χ3v) is 2.94. The smallest absolute Gasteiger partial charge is 0.311 e. The predicted molar refractivity (Wildman–Crippen MR) is 74.3 cm³/mol. The first kappa shape index (κ1) is 14.7. The number of hydrogen-bond acceptors (Lipinski definition) is 2. The number of ether oxygens (including phenoxy) is 1. The zero-order valence-electron chi connectivity index (χ0n) is 11.9. The highest BCUT2D eigenvalue weighted by Gasteiger charge is 2.29. The van der Waals surface area contributed by atoms with Crippen molar-refractivity contribution >= 4 is 5.97 Å². The summed E-state index contributed by atoms with van der Waals surface area (Å²) in [5.74, 6) is 0.411. The summed E-state index contributed by atoms with van der Waals surface area (Å²) < 4.78 is 5.37. The Morgan fingerprint density at radius 1 is 1.22 bits per heavy atom. The number of benzene rings is 1. The molecule has 0 saturated carbocycles. The molecule has 0 saturated heterocycles. The molecule has 0 fully saturated rings. The highest BCUT2D eigenvalue weighted by Crippen LogP contribution is 2.26.